The van der Waals surface area contributed by atoms with Crippen LogP contribution in [0.5, 0.6) is 0 Å². The molecular weight excluding hydrogens is 425 g/mol. The van der Waals surface area contributed by atoms with Crippen LogP contribution in [0.15, 0.2) is 12.3 Å². The van der Waals surface area contributed by atoms with Gasteiger partial charge in [0, 0.05) is 37.8 Å². The predicted octanol–water partition coefficient (Wildman–Crippen LogP) is 2.27. The van der Waals surface area contributed by atoms with E-state index in [1.807, 2.05) is 0 Å². The molecule has 6 rings (SSSR count). The number of alkyl halides is 3. The number of morpholine rings is 2. The number of hydrogen-bond donors (Lipinski definition) is 1. The average molecular weight is 448 g/mol. The van der Waals surface area contributed by atoms with E-state index >= 15 is 0 Å². The smallest absolute Gasteiger partial charge is 0.384 e. The molecule has 3 saturated heterocycles. The Morgan fingerprint density at radius 3 is 2.59 bits per heavy atom. The van der Waals surface area contributed by atoms with Crippen molar-refractivity contribution >= 4 is 17.5 Å². The van der Waals surface area contributed by atoms with Gasteiger partial charge in [0.15, 0.2) is 5.82 Å². The first-order valence-corrected chi connectivity index (χ1v) is 10.9. The topological polar surface area (TPSA) is 89.6 Å². The van der Waals surface area contributed by atoms with Gasteiger partial charge in [-0.25, -0.2) is 15.0 Å². The van der Waals surface area contributed by atoms with Crippen LogP contribution in [-0.4, -0.2) is 66.0 Å². The maximum Gasteiger partial charge on any atom is 0.417 e. The van der Waals surface area contributed by atoms with Gasteiger partial charge in [0.25, 0.3) is 0 Å². The van der Waals surface area contributed by atoms with E-state index in [4.69, 9.17) is 20.2 Å². The molecule has 4 aliphatic heterocycles. The molecule has 0 aliphatic carbocycles. The fourth-order valence-electron chi connectivity index (χ4n) is 5.27. The molecule has 2 N–H and O–H groups in total. The van der Waals surface area contributed by atoms with Gasteiger partial charge in [0.2, 0.25) is 0 Å². The van der Waals surface area contributed by atoms with Crippen LogP contribution in [0.3, 0.4) is 0 Å². The second kappa shape index (κ2) is 7.17. The second-order valence-corrected chi connectivity index (χ2v) is 8.81. The maximum atomic E-state index is 13.8. The van der Waals surface area contributed by atoms with Crippen molar-refractivity contribution < 1.29 is 22.6 Å². The van der Waals surface area contributed by atoms with Gasteiger partial charge < -0.3 is 25.0 Å². The van der Waals surface area contributed by atoms with Crippen molar-refractivity contribution in [2.45, 2.75) is 43.7 Å². The molecule has 2 aromatic heterocycles. The zero-order chi connectivity index (χ0) is 22.0. The molecule has 170 valence electrons. The Bertz CT molecular complexity index is 1050. The molecule has 3 atom stereocenters. The number of halogens is 3. The summed E-state index contributed by atoms with van der Waals surface area (Å²) in [6.07, 6.45) is -0.539. The van der Waals surface area contributed by atoms with E-state index in [0.29, 0.717) is 50.9 Å². The highest BCUT2D eigenvalue weighted by molar-refractivity contribution is 5.72. The minimum Gasteiger partial charge on any atom is -0.384 e. The summed E-state index contributed by atoms with van der Waals surface area (Å²) in [6, 6.07) is 0.962. The van der Waals surface area contributed by atoms with Gasteiger partial charge in [0.1, 0.15) is 17.5 Å². The van der Waals surface area contributed by atoms with E-state index in [1.54, 1.807) is 0 Å². The van der Waals surface area contributed by atoms with Gasteiger partial charge >= 0.3 is 6.18 Å². The van der Waals surface area contributed by atoms with Crippen molar-refractivity contribution in [2.24, 2.45) is 0 Å². The van der Waals surface area contributed by atoms with Crippen molar-refractivity contribution in [3.05, 3.63) is 23.4 Å². The SMILES string of the molecule is Nc1cc(C(F)(F)F)c(-c2nc(N3CC4CCC(C3)O4)c3c(n2)N2CCOC[C@H]2C3)cn1. The molecule has 0 radical (unpaired) electrons. The van der Waals surface area contributed by atoms with Crippen molar-refractivity contribution in [3.63, 3.8) is 0 Å². The van der Waals surface area contributed by atoms with Crippen molar-refractivity contribution in [1.29, 1.82) is 0 Å². The van der Waals surface area contributed by atoms with E-state index in [0.717, 1.165) is 30.7 Å². The van der Waals surface area contributed by atoms with E-state index in [9.17, 15) is 13.2 Å². The van der Waals surface area contributed by atoms with Crippen molar-refractivity contribution in [1.82, 2.24) is 15.0 Å². The zero-order valence-corrected chi connectivity index (χ0v) is 17.3. The first-order chi connectivity index (χ1) is 15.4. The lowest BCUT2D eigenvalue weighted by molar-refractivity contribution is -0.137. The molecule has 0 saturated carbocycles. The van der Waals surface area contributed by atoms with Gasteiger partial charge in [-0.15, -0.1) is 0 Å². The predicted molar refractivity (Wildman–Crippen MR) is 110 cm³/mol. The van der Waals surface area contributed by atoms with Crippen LogP contribution in [0.25, 0.3) is 11.4 Å². The number of ether oxygens (including phenoxy) is 2. The molecule has 2 bridgehead atoms. The Hall–Kier alpha value is -2.66. The largest absolute Gasteiger partial charge is 0.417 e. The Balaban J connectivity index is 1.51. The Kier molecular flexibility index (Phi) is 4.48. The summed E-state index contributed by atoms with van der Waals surface area (Å²) in [4.78, 5) is 17.6. The van der Waals surface area contributed by atoms with E-state index < -0.39 is 11.7 Å². The average Bonchev–Trinajstić information content (AvgIpc) is 3.31. The third-order valence-electron chi connectivity index (χ3n) is 6.72. The molecule has 0 amide bonds. The molecule has 2 aromatic rings. The molecule has 6 heterocycles. The Morgan fingerprint density at radius 1 is 1.09 bits per heavy atom. The van der Waals surface area contributed by atoms with Crippen LogP contribution in [0, 0.1) is 0 Å². The second-order valence-electron chi connectivity index (χ2n) is 8.81. The van der Waals surface area contributed by atoms with Gasteiger partial charge in [0.05, 0.1) is 42.6 Å². The minimum atomic E-state index is -4.60. The number of nitrogen functional groups attached to an aromatic ring is 1. The zero-order valence-electron chi connectivity index (χ0n) is 17.3. The van der Waals surface area contributed by atoms with Crippen LogP contribution in [0.4, 0.5) is 30.6 Å². The molecule has 0 aromatic carbocycles. The number of nitrogens with zero attached hydrogens (tertiary/aromatic N) is 5. The van der Waals surface area contributed by atoms with Gasteiger partial charge in [-0.2, -0.15) is 13.2 Å². The number of aromatic nitrogens is 3. The highest BCUT2D eigenvalue weighted by Crippen LogP contribution is 2.43. The van der Waals surface area contributed by atoms with Crippen molar-refractivity contribution in [2.75, 3.05) is 48.4 Å². The summed E-state index contributed by atoms with van der Waals surface area (Å²) in [6.45, 7) is 3.12. The van der Waals surface area contributed by atoms with Crippen LogP contribution < -0.4 is 15.5 Å². The van der Waals surface area contributed by atoms with E-state index in [2.05, 4.69) is 19.8 Å². The Labute approximate surface area is 182 Å². The van der Waals surface area contributed by atoms with E-state index in [1.165, 1.54) is 0 Å². The fourth-order valence-corrected chi connectivity index (χ4v) is 5.27. The van der Waals surface area contributed by atoms with Crippen LogP contribution in [0.1, 0.15) is 24.0 Å². The summed E-state index contributed by atoms with van der Waals surface area (Å²) in [7, 11) is 0. The highest BCUT2D eigenvalue weighted by Gasteiger charge is 2.41. The fraction of sp³-hybridized carbons (Fsp3) is 0.571. The monoisotopic (exact) mass is 448 g/mol. The minimum absolute atomic E-state index is 0.0181. The van der Waals surface area contributed by atoms with Crippen LogP contribution in [0.2, 0.25) is 0 Å². The molecule has 8 nitrogen and oxygen atoms in total. The molecule has 4 aliphatic rings. The standard InChI is InChI=1S/C21H23F3N6O2/c22-21(23,24)16-6-17(25)26-7-15(16)18-27-19(29-8-12-1-2-13(9-29)32-12)14-5-11-10-31-4-3-30(11)20(14)28-18/h6-7,11-13H,1-5,8-10H2,(H2,25,26)/t11-,12?,13?/m1/s1. The number of pyridine rings is 1. The summed E-state index contributed by atoms with van der Waals surface area (Å²) in [5.41, 5.74) is 5.50. The summed E-state index contributed by atoms with van der Waals surface area (Å²) >= 11 is 0. The maximum absolute atomic E-state index is 13.8. The first kappa shape index (κ1) is 20.0. The summed E-state index contributed by atoms with van der Waals surface area (Å²) in [5, 5.41) is 0. The lowest BCUT2D eigenvalue weighted by Crippen LogP contribution is -2.43. The van der Waals surface area contributed by atoms with Gasteiger partial charge in [-0.1, -0.05) is 0 Å². The number of nitrogens with two attached hydrogens (primary N) is 1. The van der Waals surface area contributed by atoms with Gasteiger partial charge in [-0.3, -0.25) is 0 Å². The molecule has 0 spiro atoms. The number of anilines is 3. The molecule has 2 unspecified atom stereocenters. The third-order valence-corrected chi connectivity index (χ3v) is 6.72. The molecule has 11 heteroatoms. The van der Waals surface area contributed by atoms with E-state index in [-0.39, 0.29) is 35.5 Å². The normalized spacial score (nSPS) is 26.9. The van der Waals surface area contributed by atoms with Crippen LogP contribution >= 0.6 is 0 Å². The highest BCUT2D eigenvalue weighted by atomic mass is 19.4. The summed E-state index contributed by atoms with van der Waals surface area (Å²) < 4.78 is 53.1. The lowest BCUT2D eigenvalue weighted by Gasteiger charge is -2.34. The van der Waals surface area contributed by atoms with Gasteiger partial charge in [-0.05, 0) is 18.9 Å². The number of rotatable bonds is 2. The quantitative estimate of drug-likeness (QED) is 0.749. The first-order valence-electron chi connectivity index (χ1n) is 10.9. The molecule has 32 heavy (non-hydrogen) atoms. The molecular formula is C21H23F3N6O2. The van der Waals surface area contributed by atoms with Crippen LogP contribution in [-0.2, 0) is 22.1 Å². The third kappa shape index (κ3) is 3.25. The summed E-state index contributed by atoms with van der Waals surface area (Å²) in [5.74, 6) is 1.22. The Morgan fingerprint density at radius 2 is 1.84 bits per heavy atom. The lowest BCUT2D eigenvalue weighted by atomic mass is 10.1. The number of fused-ring (bicyclic) bond motifs is 5. The van der Waals surface area contributed by atoms with Crippen molar-refractivity contribution in [3.8, 4) is 11.4 Å². The molecule has 3 fully saturated rings. The number of hydrogen-bond acceptors (Lipinski definition) is 8.